The number of quaternary nitrogens is 1. The molecule has 0 spiro atoms. The van der Waals surface area contributed by atoms with Gasteiger partial charge in [-0.1, -0.05) is 231 Å². The average molecular weight is 871 g/mol. The summed E-state index contributed by atoms with van der Waals surface area (Å²) in [7, 11) is 1.31. The van der Waals surface area contributed by atoms with E-state index in [1.165, 1.54) is 180 Å². The summed E-state index contributed by atoms with van der Waals surface area (Å²) in [4.78, 5) is 25.3. The molecule has 0 radical (unpaired) electrons. The minimum atomic E-state index is -4.56. The van der Waals surface area contributed by atoms with E-state index in [1.807, 2.05) is 21.1 Å². The molecule has 0 aromatic heterocycles. The maximum atomic E-state index is 12.9. The van der Waals surface area contributed by atoms with Gasteiger partial charge in [-0.05, 0) is 32.1 Å². The summed E-state index contributed by atoms with van der Waals surface area (Å²) < 4.78 is 23.3. The van der Waals surface area contributed by atoms with Gasteiger partial charge >= 0.3 is 0 Å². The van der Waals surface area contributed by atoms with Crippen molar-refractivity contribution < 1.29 is 32.9 Å². The molecule has 2 N–H and O–H groups in total. The molecule has 8 nitrogen and oxygen atoms in total. The monoisotopic (exact) mass is 871 g/mol. The van der Waals surface area contributed by atoms with Crippen LogP contribution in [0.2, 0.25) is 0 Å². The molecule has 0 aromatic carbocycles. The SMILES string of the molecule is CCCC/C=C\CCCCCCCC(=O)NC(COP(=O)([O-])OCC[N+](C)(C)C)C(O)CCCCCCCCCCCCCCCCCCCCCCCCCCCCC. The molecule has 3 atom stereocenters. The van der Waals surface area contributed by atoms with E-state index >= 15 is 0 Å². The van der Waals surface area contributed by atoms with Crippen molar-refractivity contribution in [3.63, 3.8) is 0 Å². The first-order valence-corrected chi connectivity index (χ1v) is 27.5. The van der Waals surface area contributed by atoms with Crippen molar-refractivity contribution in [1.29, 1.82) is 0 Å². The predicted molar refractivity (Wildman–Crippen MR) is 256 cm³/mol. The zero-order valence-corrected chi connectivity index (χ0v) is 41.6. The Morgan fingerprint density at radius 1 is 0.567 bits per heavy atom. The second kappa shape index (κ2) is 43.5. The Balaban J connectivity index is 4.07. The highest BCUT2D eigenvalue weighted by Crippen LogP contribution is 2.38. The van der Waals surface area contributed by atoms with E-state index in [0.717, 1.165) is 51.4 Å². The van der Waals surface area contributed by atoms with Crippen molar-refractivity contribution in [2.24, 2.45) is 0 Å². The van der Waals surface area contributed by atoms with Gasteiger partial charge in [0.05, 0.1) is 39.9 Å². The number of carbonyl (C=O) groups is 1. The van der Waals surface area contributed by atoms with Crippen LogP contribution in [0.1, 0.15) is 258 Å². The van der Waals surface area contributed by atoms with Gasteiger partial charge in [0.2, 0.25) is 5.91 Å². The fourth-order valence-corrected chi connectivity index (χ4v) is 8.57. The van der Waals surface area contributed by atoms with Crippen LogP contribution in [-0.2, 0) is 18.4 Å². The number of aliphatic hydroxyl groups is 1. The highest BCUT2D eigenvalue weighted by molar-refractivity contribution is 7.45. The van der Waals surface area contributed by atoms with Crippen LogP contribution >= 0.6 is 7.82 Å². The van der Waals surface area contributed by atoms with E-state index in [1.54, 1.807) is 0 Å². The molecule has 0 bridgehead atoms. The third kappa shape index (κ3) is 45.3. The molecular formula is C51H103N2O6P. The van der Waals surface area contributed by atoms with Crippen molar-refractivity contribution in [3.8, 4) is 0 Å². The summed E-state index contributed by atoms with van der Waals surface area (Å²) in [6.45, 7) is 4.70. The smallest absolute Gasteiger partial charge is 0.268 e. The van der Waals surface area contributed by atoms with E-state index in [0.29, 0.717) is 23.9 Å². The molecule has 0 rings (SSSR count). The number of allylic oxidation sites excluding steroid dienone is 2. The molecule has 0 aliphatic heterocycles. The van der Waals surface area contributed by atoms with Gasteiger partial charge in [0.15, 0.2) is 0 Å². The lowest BCUT2D eigenvalue weighted by atomic mass is 10.0. The summed E-state index contributed by atoms with van der Waals surface area (Å²) in [6, 6.07) is -0.801. The number of amides is 1. The van der Waals surface area contributed by atoms with Crippen LogP contribution < -0.4 is 10.2 Å². The van der Waals surface area contributed by atoms with Gasteiger partial charge in [-0.2, -0.15) is 0 Å². The normalized spacial score (nSPS) is 14.2. The van der Waals surface area contributed by atoms with Crippen molar-refractivity contribution in [2.45, 2.75) is 270 Å². The molecule has 0 aromatic rings. The fraction of sp³-hybridized carbons (Fsp3) is 0.941. The molecule has 3 unspecified atom stereocenters. The number of nitrogens with zero attached hydrogens (tertiary/aromatic N) is 1. The molecule has 0 saturated heterocycles. The molecule has 0 fully saturated rings. The number of rotatable bonds is 48. The second-order valence-electron chi connectivity index (χ2n) is 19.2. The third-order valence-corrected chi connectivity index (χ3v) is 13.0. The highest BCUT2D eigenvalue weighted by Gasteiger charge is 2.24. The average Bonchev–Trinajstić information content (AvgIpc) is 3.20. The van der Waals surface area contributed by atoms with Crippen molar-refractivity contribution in [2.75, 3.05) is 40.9 Å². The first-order chi connectivity index (χ1) is 29.0. The topological polar surface area (TPSA) is 108 Å². The second-order valence-corrected chi connectivity index (χ2v) is 20.6. The predicted octanol–water partition coefficient (Wildman–Crippen LogP) is 14.5. The van der Waals surface area contributed by atoms with Gasteiger partial charge in [-0.15, -0.1) is 0 Å². The summed E-state index contributed by atoms with van der Waals surface area (Å²) in [5.41, 5.74) is 0. The summed E-state index contributed by atoms with van der Waals surface area (Å²) >= 11 is 0. The Morgan fingerprint density at radius 3 is 1.35 bits per heavy atom. The number of hydrogen-bond acceptors (Lipinski definition) is 6. The number of aliphatic hydroxyl groups excluding tert-OH is 1. The van der Waals surface area contributed by atoms with Crippen LogP contribution in [0.3, 0.4) is 0 Å². The van der Waals surface area contributed by atoms with Gasteiger partial charge in [0.25, 0.3) is 7.82 Å². The zero-order valence-electron chi connectivity index (χ0n) is 40.7. The van der Waals surface area contributed by atoms with Gasteiger partial charge in [-0.3, -0.25) is 9.36 Å². The number of likely N-dealkylation sites (N-methyl/N-ethyl adjacent to an activating group) is 1. The number of nitrogens with one attached hydrogen (secondary N) is 1. The lowest BCUT2D eigenvalue weighted by Gasteiger charge is -2.30. The van der Waals surface area contributed by atoms with Gasteiger partial charge < -0.3 is 28.8 Å². The molecule has 0 aliphatic rings. The first kappa shape index (κ1) is 59.2. The Kier molecular flexibility index (Phi) is 42.9. The van der Waals surface area contributed by atoms with Crippen molar-refractivity contribution >= 4 is 13.7 Å². The van der Waals surface area contributed by atoms with Crippen LogP contribution in [0.5, 0.6) is 0 Å². The number of carbonyl (C=O) groups excluding carboxylic acids is 1. The van der Waals surface area contributed by atoms with Crippen molar-refractivity contribution in [3.05, 3.63) is 12.2 Å². The number of phosphoric acid groups is 1. The minimum absolute atomic E-state index is 0.0125. The van der Waals surface area contributed by atoms with E-state index in [2.05, 4.69) is 31.3 Å². The molecular weight excluding hydrogens is 768 g/mol. The number of phosphoric ester groups is 1. The van der Waals surface area contributed by atoms with Crippen LogP contribution in [0, 0.1) is 0 Å². The lowest BCUT2D eigenvalue weighted by Crippen LogP contribution is -2.46. The maximum Gasteiger partial charge on any atom is 0.268 e. The Labute approximate surface area is 373 Å². The Hall–Kier alpha value is -0.760. The lowest BCUT2D eigenvalue weighted by molar-refractivity contribution is -0.870. The van der Waals surface area contributed by atoms with Crippen LogP contribution in [0.4, 0.5) is 0 Å². The Morgan fingerprint density at radius 2 is 0.933 bits per heavy atom. The summed E-state index contributed by atoms with van der Waals surface area (Å²) in [5, 5.41) is 13.9. The van der Waals surface area contributed by atoms with Crippen LogP contribution in [0.25, 0.3) is 0 Å². The van der Waals surface area contributed by atoms with E-state index in [9.17, 15) is 19.4 Å². The zero-order chi connectivity index (χ0) is 44.3. The van der Waals surface area contributed by atoms with E-state index in [-0.39, 0.29) is 19.1 Å². The number of unbranched alkanes of at least 4 members (excludes halogenated alkanes) is 33. The molecule has 0 saturated carbocycles. The molecule has 60 heavy (non-hydrogen) atoms. The number of hydrogen-bond donors (Lipinski definition) is 2. The summed E-state index contributed by atoms with van der Waals surface area (Å²) in [6.07, 6.45) is 51.0. The van der Waals surface area contributed by atoms with E-state index < -0.39 is 20.0 Å². The first-order valence-electron chi connectivity index (χ1n) is 26.0. The quantitative estimate of drug-likeness (QED) is 0.0273. The fourth-order valence-electron chi connectivity index (χ4n) is 7.85. The third-order valence-electron chi connectivity index (χ3n) is 12.0. The Bertz CT molecular complexity index is 989. The largest absolute Gasteiger partial charge is 0.756 e. The van der Waals surface area contributed by atoms with Gasteiger partial charge in [0, 0.05) is 6.42 Å². The minimum Gasteiger partial charge on any atom is -0.756 e. The molecule has 358 valence electrons. The van der Waals surface area contributed by atoms with Crippen LogP contribution in [0.15, 0.2) is 12.2 Å². The molecule has 0 aliphatic carbocycles. The standard InChI is InChI=1S/C51H103N2O6P/c1-6-8-10-12-14-16-18-19-20-21-22-23-24-25-26-27-28-29-30-31-32-33-35-36-38-40-42-44-50(54)49(48-59-60(56,57)58-47-46-53(3,4)5)52-51(55)45-43-41-39-37-34-17-15-13-11-9-7-2/h13,15,49-50,54H,6-12,14,16-48H2,1-5H3,(H-,52,55,56,57)/b15-13-. The highest BCUT2D eigenvalue weighted by atomic mass is 31.2. The molecule has 1 amide bonds. The van der Waals surface area contributed by atoms with E-state index in [4.69, 9.17) is 9.05 Å². The van der Waals surface area contributed by atoms with Gasteiger partial charge in [-0.25, -0.2) is 0 Å². The maximum absolute atomic E-state index is 12.9. The van der Waals surface area contributed by atoms with Gasteiger partial charge in [0.1, 0.15) is 13.2 Å². The van der Waals surface area contributed by atoms with Crippen molar-refractivity contribution in [1.82, 2.24) is 5.32 Å². The molecule has 0 heterocycles. The summed E-state index contributed by atoms with van der Waals surface area (Å²) in [5.74, 6) is -0.173. The van der Waals surface area contributed by atoms with Crippen LogP contribution in [-0.4, -0.2) is 68.5 Å². The molecule has 9 heteroatoms.